The molecule has 0 aliphatic rings. The monoisotopic (exact) mass is 400 g/mol. The fourth-order valence-corrected chi connectivity index (χ4v) is 2.82. The predicted molar refractivity (Wildman–Crippen MR) is 96.7 cm³/mol. The Bertz CT molecular complexity index is 1110. The third-order valence-corrected chi connectivity index (χ3v) is 4.06. The molecule has 0 spiro atoms. The first kappa shape index (κ1) is 18.6. The van der Waals surface area contributed by atoms with Crippen LogP contribution in [0.2, 0.25) is 0 Å². The first-order chi connectivity index (χ1) is 13.9. The van der Waals surface area contributed by atoms with Gasteiger partial charge in [-0.2, -0.15) is 0 Å². The molecule has 4 rings (SSSR count). The summed E-state index contributed by atoms with van der Waals surface area (Å²) in [4.78, 5) is 3.99. The lowest BCUT2D eigenvalue weighted by Gasteiger charge is -2.11. The maximum atomic E-state index is 13.3. The molecule has 0 N–H and O–H groups in total. The molecular weight excluding hydrogens is 388 g/mol. The van der Waals surface area contributed by atoms with Crippen LogP contribution in [0.3, 0.4) is 0 Å². The maximum Gasteiger partial charge on any atom is 0.573 e. The number of hydrogen-bond acceptors (Lipinski definition) is 4. The predicted octanol–water partition coefficient (Wildman–Crippen LogP) is 5.03. The van der Waals surface area contributed by atoms with Gasteiger partial charge in [0.1, 0.15) is 23.0 Å². The minimum absolute atomic E-state index is 0.342. The van der Waals surface area contributed by atoms with Crippen LogP contribution in [0.5, 0.6) is 5.75 Å². The quantitative estimate of drug-likeness (QED) is 0.451. The van der Waals surface area contributed by atoms with Gasteiger partial charge in [0.05, 0.1) is 5.69 Å². The van der Waals surface area contributed by atoms with Gasteiger partial charge in [-0.05, 0) is 60.7 Å². The molecule has 0 radical (unpaired) electrons. The summed E-state index contributed by atoms with van der Waals surface area (Å²) in [6.45, 7) is 0. The summed E-state index contributed by atoms with van der Waals surface area (Å²) in [5.41, 5.74) is 2.93. The minimum atomic E-state index is -4.77. The summed E-state index contributed by atoms with van der Waals surface area (Å²) < 4.78 is 55.9. The SMILES string of the molecule is Fc1ccc(-c2nnn(-c3ccc(OC(F)(F)F)cc3)c2-c2ccncc2)cc1. The van der Waals surface area contributed by atoms with Crippen molar-refractivity contribution in [2.75, 3.05) is 0 Å². The number of pyridine rings is 1. The average Bonchev–Trinajstić information content (AvgIpc) is 3.14. The van der Waals surface area contributed by atoms with Crippen LogP contribution in [0, 0.1) is 5.82 Å². The highest BCUT2D eigenvalue weighted by molar-refractivity contribution is 5.79. The minimum Gasteiger partial charge on any atom is -0.406 e. The van der Waals surface area contributed by atoms with Gasteiger partial charge in [-0.1, -0.05) is 5.21 Å². The Morgan fingerprint density at radius 2 is 1.45 bits per heavy atom. The third-order valence-electron chi connectivity index (χ3n) is 4.06. The van der Waals surface area contributed by atoms with Gasteiger partial charge < -0.3 is 4.74 Å². The number of nitrogens with zero attached hydrogens (tertiary/aromatic N) is 4. The molecule has 146 valence electrons. The second-order valence-electron chi connectivity index (χ2n) is 5.98. The smallest absolute Gasteiger partial charge is 0.406 e. The normalized spacial score (nSPS) is 11.4. The van der Waals surface area contributed by atoms with Gasteiger partial charge in [0.2, 0.25) is 0 Å². The Morgan fingerprint density at radius 1 is 0.793 bits per heavy atom. The van der Waals surface area contributed by atoms with Crippen LogP contribution >= 0.6 is 0 Å². The summed E-state index contributed by atoms with van der Waals surface area (Å²) in [5.74, 6) is -0.725. The molecule has 0 fully saturated rings. The Hall–Kier alpha value is -3.75. The molecule has 0 atom stereocenters. The fourth-order valence-electron chi connectivity index (χ4n) is 2.82. The van der Waals surface area contributed by atoms with E-state index in [4.69, 9.17) is 0 Å². The Morgan fingerprint density at radius 3 is 2.07 bits per heavy atom. The van der Waals surface area contributed by atoms with Crippen LogP contribution in [-0.2, 0) is 0 Å². The van der Waals surface area contributed by atoms with Crippen molar-refractivity contribution in [3.05, 3.63) is 78.9 Å². The number of rotatable bonds is 4. The number of benzene rings is 2. The maximum absolute atomic E-state index is 13.3. The topological polar surface area (TPSA) is 52.8 Å². The van der Waals surface area contributed by atoms with Crippen LogP contribution in [0.15, 0.2) is 73.1 Å². The van der Waals surface area contributed by atoms with Crippen LogP contribution in [-0.4, -0.2) is 26.3 Å². The highest BCUT2D eigenvalue weighted by Gasteiger charge is 2.31. The molecular formula is C20H12F4N4O. The molecule has 4 aromatic rings. The van der Waals surface area contributed by atoms with Gasteiger partial charge in [0, 0.05) is 23.5 Å². The molecule has 9 heteroatoms. The van der Waals surface area contributed by atoms with Gasteiger partial charge in [0.15, 0.2) is 0 Å². The van der Waals surface area contributed by atoms with Crippen molar-refractivity contribution in [2.24, 2.45) is 0 Å². The number of ether oxygens (including phenoxy) is 1. The molecule has 29 heavy (non-hydrogen) atoms. The van der Waals surface area contributed by atoms with E-state index in [1.807, 2.05) is 0 Å². The lowest BCUT2D eigenvalue weighted by atomic mass is 10.1. The Kier molecular flexibility index (Phi) is 4.71. The van der Waals surface area contributed by atoms with Gasteiger partial charge >= 0.3 is 6.36 Å². The van der Waals surface area contributed by atoms with Crippen LogP contribution in [0.4, 0.5) is 17.6 Å². The van der Waals surface area contributed by atoms with Gasteiger partial charge in [0.25, 0.3) is 0 Å². The van der Waals surface area contributed by atoms with E-state index in [1.54, 1.807) is 36.7 Å². The van der Waals surface area contributed by atoms with Gasteiger partial charge in [-0.25, -0.2) is 9.07 Å². The number of halogens is 4. The van der Waals surface area contributed by atoms with E-state index in [2.05, 4.69) is 20.0 Å². The summed E-state index contributed by atoms with van der Waals surface area (Å²) in [5, 5.41) is 8.36. The molecule has 0 bridgehead atoms. The van der Waals surface area contributed by atoms with Crippen molar-refractivity contribution < 1.29 is 22.3 Å². The number of aromatic nitrogens is 4. The van der Waals surface area contributed by atoms with Crippen molar-refractivity contribution in [2.45, 2.75) is 6.36 Å². The van der Waals surface area contributed by atoms with Crippen LogP contribution in [0.1, 0.15) is 0 Å². The third kappa shape index (κ3) is 4.08. The van der Waals surface area contributed by atoms with E-state index in [1.165, 1.54) is 41.1 Å². The molecule has 2 aromatic carbocycles. The molecule has 0 unspecified atom stereocenters. The summed E-state index contributed by atoms with van der Waals surface area (Å²) >= 11 is 0. The lowest BCUT2D eigenvalue weighted by molar-refractivity contribution is -0.274. The number of hydrogen-bond donors (Lipinski definition) is 0. The zero-order chi connectivity index (χ0) is 20.4. The van der Waals surface area contributed by atoms with Crippen LogP contribution < -0.4 is 4.74 Å². The Labute approximate surface area is 162 Å². The first-order valence-corrected chi connectivity index (χ1v) is 8.39. The van der Waals surface area contributed by atoms with Crippen molar-refractivity contribution in [1.29, 1.82) is 0 Å². The Balaban J connectivity index is 1.81. The molecule has 5 nitrogen and oxygen atoms in total. The largest absolute Gasteiger partial charge is 0.573 e. The summed E-state index contributed by atoms with van der Waals surface area (Å²) in [6.07, 6.45) is -1.57. The van der Waals surface area contributed by atoms with Gasteiger partial charge in [-0.3, -0.25) is 4.98 Å². The molecule has 0 saturated carbocycles. The molecule has 0 saturated heterocycles. The molecule has 0 aliphatic carbocycles. The zero-order valence-corrected chi connectivity index (χ0v) is 14.6. The summed E-state index contributed by atoms with van der Waals surface area (Å²) in [6, 6.07) is 14.6. The fraction of sp³-hybridized carbons (Fsp3) is 0.0500. The first-order valence-electron chi connectivity index (χ1n) is 8.39. The van der Waals surface area contributed by atoms with Crippen LogP contribution in [0.25, 0.3) is 28.2 Å². The highest BCUT2D eigenvalue weighted by atomic mass is 19.4. The zero-order valence-electron chi connectivity index (χ0n) is 14.6. The van der Waals surface area contributed by atoms with Crippen molar-refractivity contribution in [3.63, 3.8) is 0 Å². The van der Waals surface area contributed by atoms with Crippen molar-refractivity contribution in [3.8, 4) is 34.0 Å². The highest BCUT2D eigenvalue weighted by Crippen LogP contribution is 2.32. The van der Waals surface area contributed by atoms with E-state index >= 15 is 0 Å². The van der Waals surface area contributed by atoms with E-state index in [0.29, 0.717) is 22.6 Å². The van der Waals surface area contributed by atoms with E-state index in [-0.39, 0.29) is 11.6 Å². The van der Waals surface area contributed by atoms with Crippen molar-refractivity contribution >= 4 is 0 Å². The molecule has 2 aromatic heterocycles. The molecule has 0 amide bonds. The summed E-state index contributed by atoms with van der Waals surface area (Å²) in [7, 11) is 0. The lowest BCUT2D eigenvalue weighted by Crippen LogP contribution is -2.17. The standard InChI is InChI=1S/C20H12F4N4O/c21-15-3-1-13(2-4-15)18-19(14-9-11-25-12-10-14)28(27-26-18)16-5-7-17(8-6-16)29-20(22,23)24/h1-12H. The van der Waals surface area contributed by atoms with Crippen molar-refractivity contribution in [1.82, 2.24) is 20.0 Å². The average molecular weight is 400 g/mol. The molecule has 2 heterocycles. The van der Waals surface area contributed by atoms with Gasteiger partial charge in [-0.15, -0.1) is 18.3 Å². The van der Waals surface area contributed by atoms with E-state index in [9.17, 15) is 17.6 Å². The molecule has 0 aliphatic heterocycles. The van der Waals surface area contributed by atoms with E-state index in [0.717, 1.165) is 5.56 Å². The second-order valence-corrected chi connectivity index (χ2v) is 5.98. The van der Waals surface area contributed by atoms with E-state index < -0.39 is 6.36 Å². The number of alkyl halides is 3. The second kappa shape index (κ2) is 7.34.